The highest BCUT2D eigenvalue weighted by Crippen LogP contribution is 2.31. The highest BCUT2D eigenvalue weighted by molar-refractivity contribution is 6.18. The summed E-state index contributed by atoms with van der Waals surface area (Å²) in [5, 5.41) is 2.76. The van der Waals surface area contributed by atoms with Gasteiger partial charge in [-0.1, -0.05) is 19.3 Å². The van der Waals surface area contributed by atoms with Crippen LogP contribution in [0.15, 0.2) is 0 Å². The second kappa shape index (κ2) is 4.39. The highest BCUT2D eigenvalue weighted by atomic mass is 35.5. The zero-order chi connectivity index (χ0) is 9.97. The van der Waals surface area contributed by atoms with Gasteiger partial charge in [0.1, 0.15) is 6.10 Å². The van der Waals surface area contributed by atoms with Crippen molar-refractivity contribution in [3.63, 3.8) is 0 Å². The molecule has 2 rings (SSSR count). The number of carbonyl (C=O) groups is 1. The third-order valence-corrected chi connectivity index (χ3v) is 3.56. The molecule has 0 aromatic carbocycles. The summed E-state index contributed by atoms with van der Waals surface area (Å²) >= 11 is 5.79. The van der Waals surface area contributed by atoms with E-state index in [0.29, 0.717) is 11.8 Å². The maximum Gasteiger partial charge on any atom is 0.407 e. The van der Waals surface area contributed by atoms with Crippen LogP contribution in [-0.4, -0.2) is 24.1 Å². The molecule has 0 aromatic rings. The second-order valence-electron chi connectivity index (χ2n) is 4.17. The number of cyclic esters (lactones) is 1. The maximum absolute atomic E-state index is 11.1. The van der Waals surface area contributed by atoms with Crippen LogP contribution in [0.25, 0.3) is 0 Å². The van der Waals surface area contributed by atoms with Gasteiger partial charge in [-0.15, -0.1) is 11.6 Å². The molecule has 1 saturated heterocycles. The van der Waals surface area contributed by atoms with E-state index in [-0.39, 0.29) is 18.2 Å². The second-order valence-corrected chi connectivity index (χ2v) is 4.48. The molecular formula is C10H16ClNO2. The van der Waals surface area contributed by atoms with Crippen molar-refractivity contribution in [3.05, 3.63) is 0 Å². The van der Waals surface area contributed by atoms with Gasteiger partial charge in [-0.25, -0.2) is 4.79 Å². The summed E-state index contributed by atoms with van der Waals surface area (Å²) in [6, 6.07) is 0.0206. The molecule has 0 unspecified atom stereocenters. The Labute approximate surface area is 89.1 Å². The monoisotopic (exact) mass is 217 g/mol. The fraction of sp³-hybridized carbons (Fsp3) is 0.900. The summed E-state index contributed by atoms with van der Waals surface area (Å²) in [4.78, 5) is 11.1. The molecule has 1 aliphatic heterocycles. The minimum absolute atomic E-state index is 0.0142. The van der Waals surface area contributed by atoms with Crippen molar-refractivity contribution >= 4 is 17.7 Å². The lowest BCUT2D eigenvalue weighted by atomic mass is 9.83. The van der Waals surface area contributed by atoms with E-state index in [2.05, 4.69) is 5.32 Å². The first kappa shape index (κ1) is 10.1. The largest absolute Gasteiger partial charge is 0.444 e. The van der Waals surface area contributed by atoms with E-state index in [1.807, 2.05) is 0 Å². The van der Waals surface area contributed by atoms with E-state index >= 15 is 0 Å². The Hall–Kier alpha value is -0.440. The molecule has 1 heterocycles. The number of amides is 1. The van der Waals surface area contributed by atoms with Gasteiger partial charge < -0.3 is 10.1 Å². The van der Waals surface area contributed by atoms with E-state index in [4.69, 9.17) is 16.3 Å². The zero-order valence-electron chi connectivity index (χ0n) is 8.17. The molecule has 2 fully saturated rings. The van der Waals surface area contributed by atoms with E-state index in [9.17, 15) is 4.79 Å². The number of hydrogen-bond acceptors (Lipinski definition) is 2. The van der Waals surface area contributed by atoms with Gasteiger partial charge in [0.2, 0.25) is 0 Å². The lowest BCUT2D eigenvalue weighted by molar-refractivity contribution is 0.0770. The van der Waals surface area contributed by atoms with Gasteiger partial charge in [-0.2, -0.15) is 0 Å². The molecular weight excluding hydrogens is 202 g/mol. The molecule has 4 heteroatoms. The molecule has 14 heavy (non-hydrogen) atoms. The van der Waals surface area contributed by atoms with Crippen molar-refractivity contribution in [2.75, 3.05) is 5.88 Å². The number of carbonyl (C=O) groups excluding carboxylic acids is 1. The summed E-state index contributed by atoms with van der Waals surface area (Å²) in [6.45, 7) is 0. The summed E-state index contributed by atoms with van der Waals surface area (Å²) in [7, 11) is 0. The predicted octanol–water partition coefficient (Wildman–Crippen LogP) is 2.28. The minimum Gasteiger partial charge on any atom is -0.444 e. The Morgan fingerprint density at radius 1 is 1.36 bits per heavy atom. The van der Waals surface area contributed by atoms with Crippen LogP contribution in [-0.2, 0) is 4.74 Å². The first-order valence-electron chi connectivity index (χ1n) is 5.34. The Kier molecular flexibility index (Phi) is 3.16. The Bertz CT molecular complexity index is 216. The molecule has 0 aromatic heterocycles. The van der Waals surface area contributed by atoms with Crippen LogP contribution >= 0.6 is 11.6 Å². The molecule has 0 radical (unpaired) electrons. The van der Waals surface area contributed by atoms with Gasteiger partial charge in [-0.3, -0.25) is 0 Å². The SMILES string of the molecule is O=C1N[C@H](CCl)[C@@H](C2CCCCC2)O1. The third kappa shape index (κ3) is 1.97. The molecule has 1 amide bonds. The molecule has 80 valence electrons. The van der Waals surface area contributed by atoms with Crippen LogP contribution in [0.5, 0.6) is 0 Å². The molecule has 0 spiro atoms. The summed E-state index contributed by atoms with van der Waals surface area (Å²) in [6.07, 6.45) is 5.89. The van der Waals surface area contributed by atoms with Crippen LogP contribution in [0.1, 0.15) is 32.1 Å². The van der Waals surface area contributed by atoms with E-state index in [0.717, 1.165) is 0 Å². The maximum atomic E-state index is 11.1. The standard InChI is InChI=1S/C10H16ClNO2/c11-6-8-9(14-10(13)12-8)7-4-2-1-3-5-7/h7-9H,1-6H2,(H,12,13)/t8-,9-/m1/s1. The van der Waals surface area contributed by atoms with Crippen LogP contribution < -0.4 is 5.32 Å². The Morgan fingerprint density at radius 2 is 2.07 bits per heavy atom. The van der Waals surface area contributed by atoms with Crippen molar-refractivity contribution in [2.24, 2.45) is 5.92 Å². The Morgan fingerprint density at radius 3 is 2.71 bits per heavy atom. The van der Waals surface area contributed by atoms with Crippen molar-refractivity contribution < 1.29 is 9.53 Å². The first-order valence-corrected chi connectivity index (χ1v) is 5.88. The zero-order valence-corrected chi connectivity index (χ0v) is 8.93. The summed E-state index contributed by atoms with van der Waals surface area (Å²) in [5.41, 5.74) is 0. The number of alkyl carbamates (subject to hydrolysis) is 1. The predicted molar refractivity (Wildman–Crippen MR) is 54.5 cm³/mol. The van der Waals surface area contributed by atoms with Crippen molar-refractivity contribution in [2.45, 2.75) is 44.2 Å². The van der Waals surface area contributed by atoms with Crippen molar-refractivity contribution in [1.29, 1.82) is 0 Å². The van der Waals surface area contributed by atoms with Gasteiger partial charge >= 0.3 is 6.09 Å². The fourth-order valence-corrected chi connectivity index (χ4v) is 2.74. The van der Waals surface area contributed by atoms with E-state index in [1.54, 1.807) is 0 Å². The van der Waals surface area contributed by atoms with Crippen LogP contribution in [0.3, 0.4) is 0 Å². The first-order chi connectivity index (χ1) is 6.81. The van der Waals surface area contributed by atoms with Crippen LogP contribution in [0.4, 0.5) is 4.79 Å². The molecule has 3 nitrogen and oxygen atoms in total. The Balaban J connectivity index is 1.97. The number of alkyl halides is 1. The number of rotatable bonds is 2. The normalized spacial score (nSPS) is 33.9. The molecule has 0 bridgehead atoms. The highest BCUT2D eigenvalue weighted by Gasteiger charge is 2.39. The van der Waals surface area contributed by atoms with Gasteiger partial charge in [0.15, 0.2) is 0 Å². The molecule has 1 N–H and O–H groups in total. The van der Waals surface area contributed by atoms with Crippen LogP contribution in [0, 0.1) is 5.92 Å². The van der Waals surface area contributed by atoms with Crippen molar-refractivity contribution in [1.82, 2.24) is 5.32 Å². The number of hydrogen-bond donors (Lipinski definition) is 1. The average molecular weight is 218 g/mol. The lowest BCUT2D eigenvalue weighted by Gasteiger charge is -2.28. The smallest absolute Gasteiger partial charge is 0.407 e. The number of halogens is 1. The summed E-state index contributed by atoms with van der Waals surface area (Å²) < 4.78 is 5.27. The van der Waals surface area contributed by atoms with Gasteiger partial charge in [0.25, 0.3) is 0 Å². The third-order valence-electron chi connectivity index (χ3n) is 3.22. The average Bonchev–Trinajstić information content (AvgIpc) is 2.61. The number of ether oxygens (including phenoxy) is 1. The molecule has 2 atom stereocenters. The molecule has 2 aliphatic rings. The van der Waals surface area contributed by atoms with E-state index < -0.39 is 0 Å². The fourth-order valence-electron chi connectivity index (χ4n) is 2.49. The topological polar surface area (TPSA) is 38.3 Å². The van der Waals surface area contributed by atoms with Crippen LogP contribution in [0.2, 0.25) is 0 Å². The van der Waals surface area contributed by atoms with Gasteiger partial charge in [0, 0.05) is 5.88 Å². The number of nitrogens with one attached hydrogen (secondary N) is 1. The lowest BCUT2D eigenvalue weighted by Crippen LogP contribution is -2.38. The minimum atomic E-state index is -0.300. The van der Waals surface area contributed by atoms with E-state index in [1.165, 1.54) is 32.1 Å². The van der Waals surface area contributed by atoms with Gasteiger partial charge in [0.05, 0.1) is 6.04 Å². The van der Waals surface area contributed by atoms with Gasteiger partial charge in [-0.05, 0) is 18.8 Å². The summed E-state index contributed by atoms with van der Waals surface area (Å²) in [5.74, 6) is 0.971. The van der Waals surface area contributed by atoms with Crippen molar-refractivity contribution in [3.8, 4) is 0 Å². The molecule has 1 aliphatic carbocycles. The molecule has 1 saturated carbocycles. The quantitative estimate of drug-likeness (QED) is 0.721.